The van der Waals surface area contributed by atoms with Crippen molar-refractivity contribution in [1.29, 1.82) is 0 Å². The summed E-state index contributed by atoms with van der Waals surface area (Å²) in [6, 6.07) is 0.145. The molecule has 0 saturated heterocycles. The van der Waals surface area contributed by atoms with E-state index in [9.17, 15) is 4.39 Å². The molecule has 86 valence electrons. The normalized spacial score (nSPS) is 18.6. The van der Waals surface area contributed by atoms with Crippen LogP contribution in [-0.4, -0.2) is 21.8 Å². The van der Waals surface area contributed by atoms with Crippen LogP contribution in [0.3, 0.4) is 0 Å². The molecule has 0 fully saturated rings. The molecule has 0 aliphatic rings. The largest absolute Gasteiger partial charge is 0.266 e. The Bertz CT molecular complexity index is 145. The minimum absolute atomic E-state index is 0.0167. The number of halogens is 2. The van der Waals surface area contributed by atoms with Gasteiger partial charge in [-0.3, -0.25) is 5.84 Å². The number of nitrogens with zero attached hydrogens (tertiary/aromatic N) is 1. The molecular weight excluding hydrogens is 294 g/mol. The standard InChI is InChI=1S/C10H22FIN2/c1-5-9(6-12)14(13)10(11)8(4)7(2)3/h7-10H,5-6,13H2,1-4H3. The smallest absolute Gasteiger partial charge is 0.168 e. The van der Waals surface area contributed by atoms with Crippen molar-refractivity contribution in [1.82, 2.24) is 5.01 Å². The molecule has 0 aromatic carbocycles. The maximum absolute atomic E-state index is 13.9. The van der Waals surface area contributed by atoms with Crippen LogP contribution in [0.15, 0.2) is 0 Å². The first kappa shape index (κ1) is 14.6. The lowest BCUT2D eigenvalue weighted by molar-refractivity contribution is -0.00516. The summed E-state index contributed by atoms with van der Waals surface area (Å²) in [5, 5.41) is 1.39. The molecule has 4 heteroatoms. The van der Waals surface area contributed by atoms with Gasteiger partial charge in [0, 0.05) is 16.4 Å². The highest BCUT2D eigenvalue weighted by molar-refractivity contribution is 14.1. The summed E-state index contributed by atoms with van der Waals surface area (Å²) in [6.45, 7) is 8.00. The topological polar surface area (TPSA) is 29.3 Å². The van der Waals surface area contributed by atoms with E-state index in [0.717, 1.165) is 10.8 Å². The second kappa shape index (κ2) is 6.95. The monoisotopic (exact) mass is 316 g/mol. The molecule has 2 nitrogen and oxygen atoms in total. The average molecular weight is 316 g/mol. The van der Waals surface area contributed by atoms with Gasteiger partial charge in [0.15, 0.2) is 6.30 Å². The summed E-state index contributed by atoms with van der Waals surface area (Å²) < 4.78 is 14.7. The van der Waals surface area contributed by atoms with Crippen molar-refractivity contribution in [2.75, 3.05) is 4.43 Å². The first-order valence-electron chi connectivity index (χ1n) is 5.18. The van der Waals surface area contributed by atoms with E-state index in [1.54, 1.807) is 0 Å². The Kier molecular flexibility index (Phi) is 7.24. The molecule has 0 aliphatic carbocycles. The lowest BCUT2D eigenvalue weighted by Gasteiger charge is -2.32. The van der Waals surface area contributed by atoms with Gasteiger partial charge in [0.25, 0.3) is 0 Å². The lowest BCUT2D eigenvalue weighted by atomic mass is 9.96. The molecule has 3 atom stereocenters. The van der Waals surface area contributed by atoms with Crippen molar-refractivity contribution in [3.8, 4) is 0 Å². The zero-order valence-electron chi connectivity index (χ0n) is 9.50. The molecule has 0 aliphatic heterocycles. The summed E-state index contributed by atoms with van der Waals surface area (Å²) in [6.07, 6.45) is -0.139. The van der Waals surface area contributed by atoms with E-state index in [-0.39, 0.29) is 12.0 Å². The molecule has 3 unspecified atom stereocenters. The molecule has 0 heterocycles. The predicted octanol–water partition coefficient (Wildman–Crippen LogP) is 2.96. The fourth-order valence-corrected chi connectivity index (χ4v) is 2.27. The number of rotatable bonds is 6. The molecule has 0 spiro atoms. The van der Waals surface area contributed by atoms with Crippen LogP contribution in [-0.2, 0) is 0 Å². The number of nitrogens with two attached hydrogens (primary N) is 1. The minimum Gasteiger partial charge on any atom is -0.266 e. The quantitative estimate of drug-likeness (QED) is 0.268. The van der Waals surface area contributed by atoms with E-state index in [0.29, 0.717) is 5.92 Å². The third-order valence-electron chi connectivity index (χ3n) is 2.84. The predicted molar refractivity (Wildman–Crippen MR) is 67.9 cm³/mol. The molecule has 0 aromatic rings. The number of hydrogen-bond acceptors (Lipinski definition) is 2. The highest BCUT2D eigenvalue weighted by atomic mass is 127. The fraction of sp³-hybridized carbons (Fsp3) is 1.00. The Morgan fingerprint density at radius 2 is 1.86 bits per heavy atom. The van der Waals surface area contributed by atoms with E-state index in [1.807, 2.05) is 27.7 Å². The van der Waals surface area contributed by atoms with Crippen LogP contribution in [0.1, 0.15) is 34.1 Å². The number of alkyl halides is 2. The highest BCUT2D eigenvalue weighted by Crippen LogP contribution is 2.21. The minimum atomic E-state index is -1.03. The fourth-order valence-electron chi connectivity index (χ4n) is 1.19. The third kappa shape index (κ3) is 3.98. The second-order valence-corrected chi connectivity index (χ2v) is 5.02. The Labute approximate surface area is 101 Å². The molecule has 14 heavy (non-hydrogen) atoms. The molecule has 0 saturated carbocycles. The van der Waals surface area contributed by atoms with Gasteiger partial charge >= 0.3 is 0 Å². The van der Waals surface area contributed by atoms with Crippen LogP contribution in [0.25, 0.3) is 0 Å². The number of hydrazine groups is 1. The van der Waals surface area contributed by atoms with E-state index in [1.165, 1.54) is 5.01 Å². The van der Waals surface area contributed by atoms with Gasteiger partial charge in [-0.2, -0.15) is 0 Å². The highest BCUT2D eigenvalue weighted by Gasteiger charge is 2.27. The van der Waals surface area contributed by atoms with Gasteiger partial charge in [0.2, 0.25) is 0 Å². The first-order chi connectivity index (χ1) is 6.45. The Balaban J connectivity index is 4.28. The maximum atomic E-state index is 13.9. The summed E-state index contributed by atoms with van der Waals surface area (Å²) in [5.41, 5.74) is 0. The molecule has 0 aromatic heterocycles. The van der Waals surface area contributed by atoms with Gasteiger partial charge in [-0.1, -0.05) is 50.3 Å². The Morgan fingerprint density at radius 3 is 2.14 bits per heavy atom. The van der Waals surface area contributed by atoms with Crippen LogP contribution >= 0.6 is 22.6 Å². The lowest BCUT2D eigenvalue weighted by Crippen LogP contribution is -2.50. The van der Waals surface area contributed by atoms with Crippen LogP contribution in [0.5, 0.6) is 0 Å². The molecule has 0 amide bonds. The summed E-state index contributed by atoms with van der Waals surface area (Å²) in [5.74, 6) is 6.08. The molecule has 2 N–H and O–H groups in total. The van der Waals surface area contributed by atoms with E-state index in [4.69, 9.17) is 5.84 Å². The van der Waals surface area contributed by atoms with Crippen molar-refractivity contribution >= 4 is 22.6 Å². The second-order valence-electron chi connectivity index (χ2n) is 4.14. The van der Waals surface area contributed by atoms with Gasteiger partial charge in [0.05, 0.1) is 0 Å². The third-order valence-corrected chi connectivity index (χ3v) is 3.86. The van der Waals surface area contributed by atoms with E-state index in [2.05, 4.69) is 22.6 Å². The zero-order chi connectivity index (χ0) is 11.3. The van der Waals surface area contributed by atoms with Gasteiger partial charge < -0.3 is 0 Å². The summed E-state index contributed by atoms with van der Waals surface area (Å²) >= 11 is 2.25. The summed E-state index contributed by atoms with van der Waals surface area (Å²) in [4.78, 5) is 0. The van der Waals surface area contributed by atoms with Crippen molar-refractivity contribution in [3.05, 3.63) is 0 Å². The number of hydrogen-bond donors (Lipinski definition) is 1. The van der Waals surface area contributed by atoms with E-state index < -0.39 is 6.30 Å². The van der Waals surface area contributed by atoms with Crippen molar-refractivity contribution in [2.24, 2.45) is 17.7 Å². The van der Waals surface area contributed by atoms with Crippen LogP contribution < -0.4 is 5.84 Å². The molecule has 0 radical (unpaired) electrons. The average Bonchev–Trinajstić information content (AvgIpc) is 2.17. The molecular formula is C10H22FIN2. The molecule has 0 bridgehead atoms. The van der Waals surface area contributed by atoms with Crippen molar-refractivity contribution < 1.29 is 4.39 Å². The van der Waals surface area contributed by atoms with Crippen LogP contribution in [0.4, 0.5) is 4.39 Å². The van der Waals surface area contributed by atoms with Crippen molar-refractivity contribution in [2.45, 2.75) is 46.5 Å². The van der Waals surface area contributed by atoms with Gasteiger partial charge in [-0.05, 0) is 12.3 Å². The van der Waals surface area contributed by atoms with Gasteiger partial charge in [-0.25, -0.2) is 9.40 Å². The Morgan fingerprint density at radius 1 is 1.36 bits per heavy atom. The van der Waals surface area contributed by atoms with E-state index >= 15 is 0 Å². The van der Waals surface area contributed by atoms with Gasteiger partial charge in [-0.15, -0.1) is 0 Å². The zero-order valence-corrected chi connectivity index (χ0v) is 11.7. The SMILES string of the molecule is CCC(CI)N(N)C(F)C(C)C(C)C. The maximum Gasteiger partial charge on any atom is 0.168 e. The summed E-state index contributed by atoms with van der Waals surface area (Å²) in [7, 11) is 0. The van der Waals surface area contributed by atoms with Gasteiger partial charge in [0.1, 0.15) is 0 Å². The molecule has 0 rings (SSSR count). The Hall–Kier alpha value is 0.580. The first-order valence-corrected chi connectivity index (χ1v) is 6.71. The van der Waals surface area contributed by atoms with Crippen LogP contribution in [0, 0.1) is 11.8 Å². The van der Waals surface area contributed by atoms with Crippen LogP contribution in [0.2, 0.25) is 0 Å². The van der Waals surface area contributed by atoms with Crippen molar-refractivity contribution in [3.63, 3.8) is 0 Å².